The predicted molar refractivity (Wildman–Crippen MR) is 98.7 cm³/mol. The Hall–Kier alpha value is -2.08. The number of carbonyl (C=O) groups is 2. The van der Waals surface area contributed by atoms with Crippen molar-refractivity contribution in [1.29, 1.82) is 0 Å². The Morgan fingerprint density at radius 3 is 2.32 bits per heavy atom. The monoisotopic (exact) mass is 347 g/mol. The number of nitrogens with one attached hydrogen (secondary N) is 3. The third kappa shape index (κ3) is 5.46. The Morgan fingerprint density at radius 2 is 1.72 bits per heavy atom. The van der Waals surface area contributed by atoms with Gasteiger partial charge in [0.15, 0.2) is 0 Å². The molecule has 0 saturated carbocycles. The largest absolute Gasteiger partial charge is 0.492 e. The maximum atomic E-state index is 12.3. The number of para-hydroxylation sites is 2. The first-order valence-corrected chi connectivity index (χ1v) is 8.75. The van der Waals surface area contributed by atoms with Gasteiger partial charge in [-0.15, -0.1) is 0 Å². The number of amides is 2. The molecule has 1 fully saturated rings. The highest BCUT2D eigenvalue weighted by molar-refractivity contribution is 6.39. The zero-order chi connectivity index (χ0) is 18.7. The Balaban J connectivity index is 2.00. The molecule has 0 spiro atoms. The van der Waals surface area contributed by atoms with Crippen LogP contribution in [0.2, 0.25) is 0 Å². The highest BCUT2D eigenvalue weighted by Gasteiger charge is 2.38. The topological polar surface area (TPSA) is 79.5 Å². The Kier molecular flexibility index (Phi) is 5.72. The summed E-state index contributed by atoms with van der Waals surface area (Å²) in [6, 6.07) is 7.03. The molecule has 1 aliphatic heterocycles. The smallest absolute Gasteiger partial charge is 0.313 e. The molecule has 1 heterocycles. The van der Waals surface area contributed by atoms with Crippen molar-refractivity contribution in [2.24, 2.45) is 0 Å². The molecule has 1 saturated heterocycles. The molecule has 1 aromatic carbocycles. The molecule has 0 aromatic heterocycles. The van der Waals surface area contributed by atoms with E-state index in [2.05, 4.69) is 43.6 Å². The number of hydrogen-bond donors (Lipinski definition) is 3. The van der Waals surface area contributed by atoms with Gasteiger partial charge in [-0.3, -0.25) is 9.59 Å². The first-order valence-electron chi connectivity index (χ1n) is 8.75. The van der Waals surface area contributed by atoms with Gasteiger partial charge in [-0.1, -0.05) is 12.1 Å². The van der Waals surface area contributed by atoms with E-state index in [1.165, 1.54) is 0 Å². The van der Waals surface area contributed by atoms with Crippen LogP contribution in [0.3, 0.4) is 0 Å². The molecule has 6 heteroatoms. The zero-order valence-electron chi connectivity index (χ0n) is 15.7. The van der Waals surface area contributed by atoms with E-state index in [0.29, 0.717) is 18.0 Å². The van der Waals surface area contributed by atoms with Gasteiger partial charge in [0.05, 0.1) is 12.3 Å². The summed E-state index contributed by atoms with van der Waals surface area (Å²) in [5, 5.41) is 9.06. The molecule has 0 aliphatic carbocycles. The molecule has 2 amide bonds. The predicted octanol–water partition coefficient (Wildman–Crippen LogP) is 2.45. The summed E-state index contributed by atoms with van der Waals surface area (Å²) >= 11 is 0. The molecular formula is C19H29N3O3. The summed E-state index contributed by atoms with van der Waals surface area (Å²) in [5.74, 6) is -0.749. The fraction of sp³-hybridized carbons (Fsp3) is 0.579. The van der Waals surface area contributed by atoms with Crippen LogP contribution in [-0.4, -0.2) is 35.5 Å². The van der Waals surface area contributed by atoms with Crippen molar-refractivity contribution in [2.75, 3.05) is 11.9 Å². The minimum Gasteiger partial charge on any atom is -0.492 e. The van der Waals surface area contributed by atoms with Crippen molar-refractivity contribution in [3.05, 3.63) is 24.3 Å². The third-order valence-electron chi connectivity index (χ3n) is 4.17. The lowest BCUT2D eigenvalue weighted by Crippen LogP contribution is -2.62. The zero-order valence-corrected chi connectivity index (χ0v) is 15.7. The van der Waals surface area contributed by atoms with Gasteiger partial charge in [-0.25, -0.2) is 0 Å². The van der Waals surface area contributed by atoms with Gasteiger partial charge in [0.2, 0.25) is 0 Å². The van der Waals surface area contributed by atoms with E-state index in [4.69, 9.17) is 4.74 Å². The van der Waals surface area contributed by atoms with E-state index >= 15 is 0 Å². The molecule has 25 heavy (non-hydrogen) atoms. The summed E-state index contributed by atoms with van der Waals surface area (Å²) in [7, 11) is 0. The molecule has 0 bridgehead atoms. The number of ether oxygens (including phenoxy) is 1. The average molecular weight is 347 g/mol. The van der Waals surface area contributed by atoms with Gasteiger partial charge in [0.25, 0.3) is 0 Å². The lowest BCUT2D eigenvalue weighted by molar-refractivity contribution is -0.137. The van der Waals surface area contributed by atoms with Crippen LogP contribution in [0.1, 0.15) is 47.5 Å². The molecule has 1 aromatic rings. The van der Waals surface area contributed by atoms with Crippen LogP contribution in [-0.2, 0) is 9.59 Å². The minimum atomic E-state index is -0.679. The van der Waals surface area contributed by atoms with Gasteiger partial charge in [0, 0.05) is 17.1 Å². The van der Waals surface area contributed by atoms with E-state index in [1.807, 2.05) is 13.0 Å². The fourth-order valence-corrected chi connectivity index (χ4v) is 3.71. The normalized spacial score (nSPS) is 19.1. The van der Waals surface area contributed by atoms with Crippen LogP contribution in [0.25, 0.3) is 0 Å². The summed E-state index contributed by atoms with van der Waals surface area (Å²) in [5.41, 5.74) is 0.297. The van der Waals surface area contributed by atoms with Crippen molar-refractivity contribution in [2.45, 2.75) is 64.6 Å². The number of hydrogen-bond acceptors (Lipinski definition) is 4. The standard InChI is InChI=1S/C19H29N3O3/c1-6-25-15-10-8-7-9-14(15)21-17(24)16(23)20-13-11-18(2,3)22-19(4,5)12-13/h7-10,13,22H,6,11-12H2,1-5H3,(H,20,23)(H,21,24). The molecule has 6 nitrogen and oxygen atoms in total. The van der Waals surface area contributed by atoms with Crippen LogP contribution in [0.5, 0.6) is 5.75 Å². The van der Waals surface area contributed by atoms with E-state index in [0.717, 1.165) is 12.8 Å². The van der Waals surface area contributed by atoms with E-state index in [9.17, 15) is 9.59 Å². The van der Waals surface area contributed by atoms with E-state index < -0.39 is 11.8 Å². The molecule has 138 valence electrons. The van der Waals surface area contributed by atoms with E-state index in [-0.39, 0.29) is 17.1 Å². The summed E-state index contributed by atoms with van der Waals surface area (Å²) < 4.78 is 5.47. The fourth-order valence-electron chi connectivity index (χ4n) is 3.71. The summed E-state index contributed by atoms with van der Waals surface area (Å²) in [4.78, 5) is 24.6. The van der Waals surface area contributed by atoms with Crippen molar-refractivity contribution < 1.29 is 14.3 Å². The van der Waals surface area contributed by atoms with Gasteiger partial charge in [0.1, 0.15) is 5.75 Å². The van der Waals surface area contributed by atoms with Gasteiger partial charge < -0.3 is 20.7 Å². The third-order valence-corrected chi connectivity index (χ3v) is 4.17. The number of carbonyl (C=O) groups excluding carboxylic acids is 2. The molecule has 2 rings (SSSR count). The second-order valence-corrected chi connectivity index (χ2v) is 7.85. The average Bonchev–Trinajstić information content (AvgIpc) is 2.46. The van der Waals surface area contributed by atoms with Gasteiger partial charge in [-0.2, -0.15) is 0 Å². The number of piperidine rings is 1. The Morgan fingerprint density at radius 1 is 1.12 bits per heavy atom. The number of anilines is 1. The van der Waals surface area contributed by atoms with Crippen molar-refractivity contribution in [1.82, 2.24) is 10.6 Å². The first-order chi connectivity index (χ1) is 11.6. The van der Waals surface area contributed by atoms with Crippen molar-refractivity contribution in [3.8, 4) is 5.75 Å². The SMILES string of the molecule is CCOc1ccccc1NC(=O)C(=O)NC1CC(C)(C)NC(C)(C)C1. The minimum absolute atomic E-state index is 0.0494. The van der Waals surface area contributed by atoms with Gasteiger partial charge in [-0.05, 0) is 59.6 Å². The molecule has 0 atom stereocenters. The van der Waals surface area contributed by atoms with Crippen LogP contribution in [0.15, 0.2) is 24.3 Å². The second kappa shape index (κ2) is 7.44. The lowest BCUT2D eigenvalue weighted by Gasteiger charge is -2.46. The van der Waals surface area contributed by atoms with Crippen LogP contribution >= 0.6 is 0 Å². The maximum Gasteiger partial charge on any atom is 0.313 e. The quantitative estimate of drug-likeness (QED) is 0.731. The van der Waals surface area contributed by atoms with Crippen LogP contribution < -0.4 is 20.7 Å². The van der Waals surface area contributed by atoms with E-state index in [1.54, 1.807) is 18.2 Å². The van der Waals surface area contributed by atoms with Crippen LogP contribution in [0, 0.1) is 0 Å². The van der Waals surface area contributed by atoms with Crippen LogP contribution in [0.4, 0.5) is 5.69 Å². The van der Waals surface area contributed by atoms with Crippen molar-refractivity contribution >= 4 is 17.5 Å². The van der Waals surface area contributed by atoms with Crippen molar-refractivity contribution in [3.63, 3.8) is 0 Å². The molecule has 0 unspecified atom stereocenters. The molecular weight excluding hydrogens is 318 g/mol. The number of benzene rings is 1. The number of rotatable bonds is 4. The highest BCUT2D eigenvalue weighted by atomic mass is 16.5. The molecule has 3 N–H and O–H groups in total. The highest BCUT2D eigenvalue weighted by Crippen LogP contribution is 2.28. The maximum absolute atomic E-state index is 12.3. The van der Waals surface area contributed by atoms with Gasteiger partial charge >= 0.3 is 11.8 Å². The summed E-state index contributed by atoms with van der Waals surface area (Å²) in [6.45, 7) is 10.8. The molecule has 1 aliphatic rings. The second-order valence-electron chi connectivity index (χ2n) is 7.85. The first kappa shape index (κ1) is 19.2. The lowest BCUT2D eigenvalue weighted by atomic mass is 9.79. The molecule has 0 radical (unpaired) electrons. The Labute approximate surface area is 149 Å². The summed E-state index contributed by atoms with van der Waals surface area (Å²) in [6.07, 6.45) is 1.54. The Bertz CT molecular complexity index is 625.